The van der Waals surface area contributed by atoms with Crippen molar-refractivity contribution >= 4 is 22.5 Å². The smallest absolute Gasteiger partial charge is 0.272 e. The number of rotatable bonds is 3. The van der Waals surface area contributed by atoms with Crippen LogP contribution in [0.15, 0.2) is 30.3 Å². The van der Waals surface area contributed by atoms with E-state index in [-0.39, 0.29) is 11.9 Å². The Kier molecular flexibility index (Phi) is 3.72. The third-order valence-corrected chi connectivity index (χ3v) is 3.87. The number of hydrogen-bond donors (Lipinski definition) is 2. The van der Waals surface area contributed by atoms with Gasteiger partial charge in [0, 0.05) is 19.0 Å². The number of amides is 1. The summed E-state index contributed by atoms with van der Waals surface area (Å²) in [5.41, 5.74) is 2.95. The van der Waals surface area contributed by atoms with E-state index in [1.54, 1.807) is 18.0 Å². The van der Waals surface area contributed by atoms with Gasteiger partial charge in [0.05, 0.1) is 12.6 Å². The van der Waals surface area contributed by atoms with Crippen LogP contribution in [0, 0.1) is 0 Å². The molecule has 3 N–H and O–H groups in total. The number of aromatic nitrogens is 1. The van der Waals surface area contributed by atoms with Gasteiger partial charge in [-0.3, -0.25) is 4.79 Å². The molecule has 6 heteroatoms. The first-order valence-corrected chi connectivity index (χ1v) is 6.92. The van der Waals surface area contributed by atoms with Crippen molar-refractivity contribution in [3.05, 3.63) is 36.0 Å². The van der Waals surface area contributed by atoms with E-state index >= 15 is 0 Å². The fourth-order valence-corrected chi connectivity index (χ4v) is 2.59. The van der Waals surface area contributed by atoms with Gasteiger partial charge < -0.3 is 15.1 Å². The van der Waals surface area contributed by atoms with Gasteiger partial charge in [-0.1, -0.05) is 24.3 Å². The minimum Gasteiger partial charge on any atom is -0.379 e. The highest BCUT2D eigenvalue weighted by molar-refractivity contribution is 6.00. The predicted molar refractivity (Wildman–Crippen MR) is 80.9 cm³/mol. The Bertz CT molecular complexity index is 668. The highest BCUT2D eigenvalue weighted by Gasteiger charge is 2.26. The topological polar surface area (TPSA) is 80.5 Å². The van der Waals surface area contributed by atoms with Crippen LogP contribution in [-0.2, 0) is 4.74 Å². The number of nitrogens with one attached hydrogen (secondary N) is 1. The van der Waals surface area contributed by atoms with Crippen LogP contribution in [0.3, 0.4) is 0 Å². The first kappa shape index (κ1) is 13.8. The van der Waals surface area contributed by atoms with Crippen LogP contribution in [0.25, 0.3) is 10.8 Å². The molecule has 2 heterocycles. The molecule has 1 fully saturated rings. The van der Waals surface area contributed by atoms with Crippen LogP contribution in [0.1, 0.15) is 16.9 Å². The molecule has 6 nitrogen and oxygen atoms in total. The summed E-state index contributed by atoms with van der Waals surface area (Å²) in [5, 5.41) is 1.82. The van der Waals surface area contributed by atoms with Crippen LogP contribution in [0.5, 0.6) is 0 Å². The van der Waals surface area contributed by atoms with E-state index in [0.29, 0.717) is 24.7 Å². The molecule has 0 aliphatic carbocycles. The van der Waals surface area contributed by atoms with Gasteiger partial charge in [-0.2, -0.15) is 0 Å². The lowest BCUT2D eigenvalue weighted by Gasteiger charge is -2.23. The van der Waals surface area contributed by atoms with Crippen molar-refractivity contribution in [3.63, 3.8) is 0 Å². The summed E-state index contributed by atoms with van der Waals surface area (Å²) >= 11 is 0. The van der Waals surface area contributed by atoms with Gasteiger partial charge in [0.15, 0.2) is 0 Å². The molecule has 2 aromatic rings. The third kappa shape index (κ3) is 2.55. The molecule has 1 saturated heterocycles. The van der Waals surface area contributed by atoms with E-state index in [4.69, 9.17) is 10.6 Å². The Morgan fingerprint density at radius 3 is 3.00 bits per heavy atom. The Balaban J connectivity index is 1.97. The molecule has 1 aromatic carbocycles. The molecule has 0 spiro atoms. The molecule has 0 radical (unpaired) electrons. The minimum absolute atomic E-state index is 0.111. The Morgan fingerprint density at radius 1 is 1.48 bits per heavy atom. The molecule has 21 heavy (non-hydrogen) atoms. The van der Waals surface area contributed by atoms with E-state index < -0.39 is 0 Å². The number of nitrogens with zero attached hydrogens (tertiary/aromatic N) is 2. The number of carbonyl (C=O) groups excluding carboxylic acids is 1. The van der Waals surface area contributed by atoms with Crippen LogP contribution < -0.4 is 11.3 Å². The second-order valence-corrected chi connectivity index (χ2v) is 5.16. The van der Waals surface area contributed by atoms with Gasteiger partial charge in [0.2, 0.25) is 0 Å². The number of nitrogens with two attached hydrogens (primary N) is 1. The van der Waals surface area contributed by atoms with Crippen molar-refractivity contribution in [2.24, 2.45) is 5.84 Å². The zero-order chi connectivity index (χ0) is 14.8. The number of ether oxygens (including phenoxy) is 1. The molecule has 0 bridgehead atoms. The standard InChI is InChI=1S/C15H18N4O2/c1-19(11-6-7-21-9-11)15(20)13-8-10-4-2-3-5-12(10)14(17-13)18-16/h2-5,8,11H,6-7,9,16H2,1H3,(H,17,18). The van der Waals surface area contributed by atoms with Gasteiger partial charge in [-0.05, 0) is 17.9 Å². The fourth-order valence-electron chi connectivity index (χ4n) is 2.59. The Labute approximate surface area is 122 Å². The van der Waals surface area contributed by atoms with Crippen LogP contribution in [0.4, 0.5) is 5.82 Å². The number of anilines is 1. The molecular weight excluding hydrogens is 268 g/mol. The largest absolute Gasteiger partial charge is 0.379 e. The average Bonchev–Trinajstić information content (AvgIpc) is 3.06. The number of nitrogen functional groups attached to an aromatic ring is 1. The fraction of sp³-hybridized carbons (Fsp3) is 0.333. The van der Waals surface area contributed by atoms with Crippen molar-refractivity contribution in [1.29, 1.82) is 0 Å². The molecular formula is C15H18N4O2. The summed E-state index contributed by atoms with van der Waals surface area (Å²) in [6.07, 6.45) is 0.859. The molecule has 1 unspecified atom stereocenters. The SMILES string of the molecule is CN(C(=O)c1cc2ccccc2c(NN)n1)C1CCOC1. The van der Waals surface area contributed by atoms with Crippen molar-refractivity contribution in [2.45, 2.75) is 12.5 Å². The normalized spacial score (nSPS) is 17.9. The molecule has 1 atom stereocenters. The number of fused-ring (bicyclic) bond motifs is 1. The Hall–Kier alpha value is -2.18. The number of hydrogen-bond acceptors (Lipinski definition) is 5. The monoisotopic (exact) mass is 286 g/mol. The van der Waals surface area contributed by atoms with Crippen molar-refractivity contribution in [2.75, 3.05) is 25.7 Å². The molecule has 1 amide bonds. The van der Waals surface area contributed by atoms with Crippen LogP contribution >= 0.6 is 0 Å². The second kappa shape index (κ2) is 5.67. The number of carbonyl (C=O) groups is 1. The van der Waals surface area contributed by atoms with E-state index in [9.17, 15) is 4.79 Å². The summed E-state index contributed by atoms with van der Waals surface area (Å²) in [5.74, 6) is 5.91. The third-order valence-electron chi connectivity index (χ3n) is 3.87. The first-order chi connectivity index (χ1) is 10.2. The number of hydrazine groups is 1. The summed E-state index contributed by atoms with van der Waals surface area (Å²) in [7, 11) is 1.79. The van der Waals surface area contributed by atoms with E-state index in [0.717, 1.165) is 17.2 Å². The highest BCUT2D eigenvalue weighted by atomic mass is 16.5. The number of benzene rings is 1. The lowest BCUT2D eigenvalue weighted by atomic mass is 10.1. The maximum absolute atomic E-state index is 12.6. The van der Waals surface area contributed by atoms with Crippen LogP contribution in [0.2, 0.25) is 0 Å². The first-order valence-electron chi connectivity index (χ1n) is 6.92. The van der Waals surface area contributed by atoms with Gasteiger partial charge in [0.25, 0.3) is 5.91 Å². The van der Waals surface area contributed by atoms with Crippen molar-refractivity contribution in [1.82, 2.24) is 9.88 Å². The summed E-state index contributed by atoms with van der Waals surface area (Å²) < 4.78 is 5.33. The molecule has 110 valence electrons. The lowest BCUT2D eigenvalue weighted by molar-refractivity contribution is 0.0706. The zero-order valence-electron chi connectivity index (χ0n) is 11.9. The lowest BCUT2D eigenvalue weighted by Crippen LogP contribution is -2.37. The summed E-state index contributed by atoms with van der Waals surface area (Å²) in [6.45, 7) is 1.28. The Morgan fingerprint density at radius 2 is 2.29 bits per heavy atom. The average molecular weight is 286 g/mol. The van der Waals surface area contributed by atoms with Gasteiger partial charge in [0.1, 0.15) is 11.5 Å². The van der Waals surface area contributed by atoms with Gasteiger partial charge in [-0.15, -0.1) is 0 Å². The molecule has 1 aliphatic rings. The minimum atomic E-state index is -0.118. The molecule has 3 rings (SSSR count). The summed E-state index contributed by atoms with van der Waals surface area (Å²) in [6, 6.07) is 9.60. The maximum Gasteiger partial charge on any atom is 0.272 e. The van der Waals surface area contributed by atoms with Crippen molar-refractivity contribution < 1.29 is 9.53 Å². The van der Waals surface area contributed by atoms with E-state index in [2.05, 4.69) is 10.4 Å². The number of pyridine rings is 1. The maximum atomic E-state index is 12.6. The predicted octanol–water partition coefficient (Wildman–Crippen LogP) is 1.38. The van der Waals surface area contributed by atoms with Gasteiger partial charge in [-0.25, -0.2) is 10.8 Å². The van der Waals surface area contributed by atoms with E-state index in [1.807, 2.05) is 24.3 Å². The van der Waals surface area contributed by atoms with Gasteiger partial charge >= 0.3 is 0 Å². The van der Waals surface area contributed by atoms with Crippen LogP contribution in [-0.4, -0.2) is 42.1 Å². The quantitative estimate of drug-likeness (QED) is 0.658. The number of likely N-dealkylation sites (N-methyl/N-ethyl adjacent to an activating group) is 1. The molecule has 0 saturated carbocycles. The second-order valence-electron chi connectivity index (χ2n) is 5.16. The molecule has 1 aromatic heterocycles. The molecule has 1 aliphatic heterocycles. The highest BCUT2D eigenvalue weighted by Crippen LogP contribution is 2.23. The van der Waals surface area contributed by atoms with Crippen molar-refractivity contribution in [3.8, 4) is 0 Å². The summed E-state index contributed by atoms with van der Waals surface area (Å²) in [4.78, 5) is 18.6. The zero-order valence-corrected chi connectivity index (χ0v) is 11.9. The van der Waals surface area contributed by atoms with E-state index in [1.165, 1.54) is 0 Å².